The first kappa shape index (κ1) is 9.87. The monoisotopic (exact) mass is 208 g/mol. The number of nitrogens with zero attached hydrogens (tertiary/aromatic N) is 1. The second-order valence-electron chi connectivity index (χ2n) is 3.74. The van der Waals surface area contributed by atoms with E-state index in [4.69, 9.17) is 12.2 Å². The minimum atomic E-state index is 0.546. The van der Waals surface area contributed by atoms with Crippen molar-refractivity contribution in [2.45, 2.75) is 25.8 Å². The summed E-state index contributed by atoms with van der Waals surface area (Å²) >= 11 is 5.31. The molecular formula is C11H16N2S. The zero-order valence-electron chi connectivity index (χ0n) is 8.49. The Morgan fingerprint density at radius 1 is 1.64 bits per heavy atom. The lowest BCUT2D eigenvalue weighted by Crippen LogP contribution is -2.22. The van der Waals surface area contributed by atoms with Gasteiger partial charge in [0.05, 0.1) is 0 Å². The van der Waals surface area contributed by atoms with Crippen molar-refractivity contribution >= 4 is 12.2 Å². The van der Waals surface area contributed by atoms with E-state index in [1.165, 1.54) is 24.9 Å². The van der Waals surface area contributed by atoms with Crippen molar-refractivity contribution in [1.82, 2.24) is 9.88 Å². The summed E-state index contributed by atoms with van der Waals surface area (Å²) in [7, 11) is 0. The number of H-pyrrole nitrogens is 1. The van der Waals surface area contributed by atoms with Crippen molar-refractivity contribution in [3.8, 4) is 0 Å². The molecule has 1 aliphatic heterocycles. The average molecular weight is 208 g/mol. The maximum Gasteiger partial charge on any atom is 0.108 e. The van der Waals surface area contributed by atoms with Gasteiger partial charge in [0.2, 0.25) is 0 Å². The number of nitrogens with one attached hydrogen (secondary N) is 1. The number of aromatic amines is 1. The fourth-order valence-electron chi connectivity index (χ4n) is 2.25. The summed E-state index contributed by atoms with van der Waals surface area (Å²) < 4.78 is 0.901. The smallest absolute Gasteiger partial charge is 0.108 e. The van der Waals surface area contributed by atoms with Crippen LogP contribution in [-0.4, -0.2) is 23.0 Å². The molecule has 0 aliphatic carbocycles. The third kappa shape index (κ3) is 1.74. The van der Waals surface area contributed by atoms with Gasteiger partial charge in [0.15, 0.2) is 0 Å². The SMILES string of the molecule is CCN1CCC[C@@H]1c1ccc[nH]c1=S. The molecule has 2 rings (SSSR count). The largest absolute Gasteiger partial charge is 0.353 e. The molecule has 2 nitrogen and oxygen atoms in total. The lowest BCUT2D eigenvalue weighted by atomic mass is 10.1. The summed E-state index contributed by atoms with van der Waals surface area (Å²) in [6, 6.07) is 4.74. The number of aromatic nitrogens is 1. The van der Waals surface area contributed by atoms with Gasteiger partial charge in [-0.25, -0.2) is 0 Å². The number of likely N-dealkylation sites (tertiary alicyclic amines) is 1. The van der Waals surface area contributed by atoms with Crippen LogP contribution in [0.25, 0.3) is 0 Å². The van der Waals surface area contributed by atoms with Crippen LogP contribution >= 0.6 is 12.2 Å². The van der Waals surface area contributed by atoms with Crippen molar-refractivity contribution in [3.63, 3.8) is 0 Å². The van der Waals surface area contributed by atoms with Crippen LogP contribution < -0.4 is 0 Å². The predicted molar refractivity (Wildman–Crippen MR) is 60.8 cm³/mol. The van der Waals surface area contributed by atoms with E-state index in [0.717, 1.165) is 11.2 Å². The molecule has 0 saturated carbocycles. The van der Waals surface area contributed by atoms with Gasteiger partial charge in [0.25, 0.3) is 0 Å². The summed E-state index contributed by atoms with van der Waals surface area (Å²) in [6.07, 6.45) is 4.44. The molecule has 1 saturated heterocycles. The summed E-state index contributed by atoms with van der Waals surface area (Å²) in [5.41, 5.74) is 1.29. The van der Waals surface area contributed by atoms with Crippen LogP contribution in [0.4, 0.5) is 0 Å². The molecule has 1 fully saturated rings. The molecule has 2 heterocycles. The molecule has 1 aromatic rings. The van der Waals surface area contributed by atoms with Crippen LogP contribution in [-0.2, 0) is 0 Å². The molecule has 0 amide bonds. The summed E-state index contributed by atoms with van der Waals surface area (Å²) in [4.78, 5) is 5.61. The van der Waals surface area contributed by atoms with E-state index in [2.05, 4.69) is 22.9 Å². The van der Waals surface area contributed by atoms with Gasteiger partial charge in [0.1, 0.15) is 4.64 Å². The maximum absolute atomic E-state index is 5.31. The quantitative estimate of drug-likeness (QED) is 0.754. The number of hydrogen-bond acceptors (Lipinski definition) is 2. The Morgan fingerprint density at radius 3 is 3.21 bits per heavy atom. The molecule has 0 spiro atoms. The second kappa shape index (κ2) is 4.24. The number of rotatable bonds is 2. The first-order chi connectivity index (χ1) is 6.83. The highest BCUT2D eigenvalue weighted by atomic mass is 32.1. The molecule has 1 aliphatic rings. The van der Waals surface area contributed by atoms with E-state index >= 15 is 0 Å². The molecule has 0 radical (unpaired) electrons. The highest BCUT2D eigenvalue weighted by Crippen LogP contribution is 2.31. The van der Waals surface area contributed by atoms with Crippen LogP contribution in [0.1, 0.15) is 31.4 Å². The fourth-order valence-corrected chi connectivity index (χ4v) is 2.53. The summed E-state index contributed by atoms with van der Waals surface area (Å²) in [6.45, 7) is 4.55. The van der Waals surface area contributed by atoms with Gasteiger partial charge in [-0.1, -0.05) is 25.2 Å². The molecule has 76 valence electrons. The van der Waals surface area contributed by atoms with Crippen LogP contribution in [0.2, 0.25) is 0 Å². The van der Waals surface area contributed by atoms with Crippen molar-refractivity contribution in [1.29, 1.82) is 0 Å². The maximum atomic E-state index is 5.31. The van der Waals surface area contributed by atoms with E-state index in [1.807, 2.05) is 12.3 Å². The van der Waals surface area contributed by atoms with Crippen LogP contribution in [0.15, 0.2) is 18.3 Å². The fraction of sp³-hybridized carbons (Fsp3) is 0.545. The molecule has 1 aromatic heterocycles. The third-order valence-corrected chi connectivity index (χ3v) is 3.33. The second-order valence-corrected chi connectivity index (χ2v) is 4.15. The van der Waals surface area contributed by atoms with Crippen LogP contribution in [0.5, 0.6) is 0 Å². The molecule has 1 N–H and O–H groups in total. The standard InChI is InChI=1S/C11H16N2S/c1-2-13-8-4-6-10(13)9-5-3-7-12-11(9)14/h3,5,7,10H,2,4,6,8H2,1H3,(H,12,14)/t10-/m1/s1. The van der Waals surface area contributed by atoms with Gasteiger partial charge in [-0.15, -0.1) is 0 Å². The topological polar surface area (TPSA) is 19.0 Å². The zero-order chi connectivity index (χ0) is 9.97. The van der Waals surface area contributed by atoms with E-state index in [-0.39, 0.29) is 0 Å². The molecule has 3 heteroatoms. The Kier molecular flexibility index (Phi) is 2.99. The van der Waals surface area contributed by atoms with Gasteiger partial charge < -0.3 is 4.98 Å². The van der Waals surface area contributed by atoms with E-state index in [9.17, 15) is 0 Å². The van der Waals surface area contributed by atoms with Crippen LogP contribution in [0.3, 0.4) is 0 Å². The molecule has 0 aromatic carbocycles. The van der Waals surface area contributed by atoms with Crippen molar-refractivity contribution in [3.05, 3.63) is 28.5 Å². The average Bonchev–Trinajstić information content (AvgIpc) is 2.66. The summed E-state index contributed by atoms with van der Waals surface area (Å²) in [5, 5.41) is 0. The Hall–Kier alpha value is -0.670. The lowest BCUT2D eigenvalue weighted by molar-refractivity contribution is 0.270. The van der Waals surface area contributed by atoms with E-state index < -0.39 is 0 Å². The Bertz CT molecular complexity index is 358. The first-order valence-corrected chi connectivity index (χ1v) is 5.65. The highest BCUT2D eigenvalue weighted by molar-refractivity contribution is 7.71. The van der Waals surface area contributed by atoms with Gasteiger partial charge in [-0.2, -0.15) is 0 Å². The first-order valence-electron chi connectivity index (χ1n) is 5.24. The minimum absolute atomic E-state index is 0.546. The molecule has 14 heavy (non-hydrogen) atoms. The van der Waals surface area contributed by atoms with Crippen molar-refractivity contribution < 1.29 is 0 Å². The molecule has 0 unspecified atom stereocenters. The van der Waals surface area contributed by atoms with Crippen molar-refractivity contribution in [2.75, 3.05) is 13.1 Å². The van der Waals surface area contributed by atoms with Gasteiger partial charge >= 0.3 is 0 Å². The zero-order valence-corrected chi connectivity index (χ0v) is 9.31. The molecular weight excluding hydrogens is 192 g/mol. The van der Waals surface area contributed by atoms with E-state index in [0.29, 0.717) is 6.04 Å². The number of pyridine rings is 1. The van der Waals surface area contributed by atoms with Gasteiger partial charge in [-0.3, -0.25) is 4.90 Å². The molecule has 1 atom stereocenters. The normalized spacial score (nSPS) is 22.8. The molecule has 0 bridgehead atoms. The Balaban J connectivity index is 2.30. The Labute approximate surface area is 90.0 Å². The van der Waals surface area contributed by atoms with Gasteiger partial charge in [-0.05, 0) is 32.0 Å². The lowest BCUT2D eigenvalue weighted by Gasteiger charge is -2.22. The van der Waals surface area contributed by atoms with Crippen molar-refractivity contribution in [2.24, 2.45) is 0 Å². The van der Waals surface area contributed by atoms with E-state index in [1.54, 1.807) is 0 Å². The predicted octanol–water partition coefficient (Wildman–Crippen LogP) is 2.90. The van der Waals surface area contributed by atoms with Crippen LogP contribution in [0, 0.1) is 4.64 Å². The number of hydrogen-bond donors (Lipinski definition) is 1. The summed E-state index contributed by atoms with van der Waals surface area (Å²) in [5.74, 6) is 0. The third-order valence-electron chi connectivity index (χ3n) is 2.98. The minimum Gasteiger partial charge on any atom is -0.353 e. The highest BCUT2D eigenvalue weighted by Gasteiger charge is 2.25. The van der Waals surface area contributed by atoms with Gasteiger partial charge in [0, 0.05) is 17.8 Å². The Morgan fingerprint density at radius 2 is 2.50 bits per heavy atom.